The smallest absolute Gasteiger partial charge is 0.180 e. The Hall–Kier alpha value is -1.23. The van der Waals surface area contributed by atoms with Crippen molar-refractivity contribution in [2.75, 3.05) is 7.11 Å². The first-order valence-electron chi connectivity index (χ1n) is 6.07. The molecule has 0 aliphatic carbocycles. The number of ether oxygens (including phenoxy) is 2. The highest BCUT2D eigenvalue weighted by atomic mass is 79.9. The van der Waals surface area contributed by atoms with Crippen LogP contribution in [0.3, 0.4) is 0 Å². The van der Waals surface area contributed by atoms with Crippen molar-refractivity contribution in [1.29, 1.82) is 0 Å². The molecule has 0 saturated heterocycles. The Bertz CT molecular complexity index is 587. The lowest BCUT2D eigenvalue weighted by atomic mass is 10.2. The van der Waals surface area contributed by atoms with Gasteiger partial charge in [0.05, 0.1) is 12.1 Å². The van der Waals surface area contributed by atoms with Crippen LogP contribution in [0.15, 0.2) is 40.9 Å². The van der Waals surface area contributed by atoms with Crippen molar-refractivity contribution in [2.24, 2.45) is 5.73 Å². The van der Waals surface area contributed by atoms with E-state index in [-0.39, 0.29) is 0 Å². The molecule has 0 aliphatic rings. The standard InChI is InChI=1S/C15H15BrClNO2/c1-19-14-7-11(8-18)6-13(17)15(14)20-9-10-2-4-12(16)5-3-10/h2-7H,8-9,18H2,1H3. The first-order valence-corrected chi connectivity index (χ1v) is 7.25. The van der Waals surface area contributed by atoms with Crippen LogP contribution in [0.5, 0.6) is 11.5 Å². The van der Waals surface area contributed by atoms with E-state index < -0.39 is 0 Å². The van der Waals surface area contributed by atoms with Crippen LogP contribution in [-0.4, -0.2) is 7.11 Å². The molecule has 0 fully saturated rings. The van der Waals surface area contributed by atoms with Crippen molar-refractivity contribution in [3.63, 3.8) is 0 Å². The molecule has 0 saturated carbocycles. The van der Waals surface area contributed by atoms with E-state index >= 15 is 0 Å². The van der Waals surface area contributed by atoms with E-state index in [0.29, 0.717) is 29.7 Å². The first-order chi connectivity index (χ1) is 9.63. The Morgan fingerprint density at radius 2 is 1.85 bits per heavy atom. The Balaban J connectivity index is 2.18. The Labute approximate surface area is 131 Å². The van der Waals surface area contributed by atoms with Crippen molar-refractivity contribution in [2.45, 2.75) is 13.2 Å². The minimum Gasteiger partial charge on any atom is -0.493 e. The van der Waals surface area contributed by atoms with Gasteiger partial charge in [-0.2, -0.15) is 0 Å². The molecule has 0 aliphatic heterocycles. The van der Waals surface area contributed by atoms with Crippen LogP contribution in [-0.2, 0) is 13.2 Å². The van der Waals surface area contributed by atoms with Gasteiger partial charge in [-0.15, -0.1) is 0 Å². The molecule has 0 spiro atoms. The van der Waals surface area contributed by atoms with Crippen LogP contribution in [0.25, 0.3) is 0 Å². The van der Waals surface area contributed by atoms with Crippen LogP contribution < -0.4 is 15.2 Å². The van der Waals surface area contributed by atoms with E-state index in [9.17, 15) is 0 Å². The summed E-state index contributed by atoms with van der Waals surface area (Å²) in [6.07, 6.45) is 0. The Kier molecular flexibility index (Phi) is 5.29. The second-order valence-corrected chi connectivity index (χ2v) is 5.55. The van der Waals surface area contributed by atoms with Crippen LogP contribution in [0.4, 0.5) is 0 Å². The number of halogens is 2. The predicted molar refractivity (Wildman–Crippen MR) is 84.4 cm³/mol. The van der Waals surface area contributed by atoms with Gasteiger partial charge in [0.1, 0.15) is 6.61 Å². The zero-order valence-corrected chi connectivity index (χ0v) is 13.4. The highest BCUT2D eigenvalue weighted by Crippen LogP contribution is 2.36. The van der Waals surface area contributed by atoms with Gasteiger partial charge in [-0.1, -0.05) is 39.7 Å². The summed E-state index contributed by atoms with van der Waals surface area (Å²) >= 11 is 9.61. The lowest BCUT2D eigenvalue weighted by Gasteiger charge is -2.14. The molecule has 0 bridgehead atoms. The molecule has 0 heterocycles. The van der Waals surface area contributed by atoms with Gasteiger partial charge >= 0.3 is 0 Å². The minimum atomic E-state index is 0.406. The number of benzene rings is 2. The van der Waals surface area contributed by atoms with Gasteiger partial charge in [-0.05, 0) is 35.4 Å². The molecule has 2 aromatic carbocycles. The molecule has 5 heteroatoms. The quantitative estimate of drug-likeness (QED) is 0.875. The molecule has 2 N–H and O–H groups in total. The molecule has 2 rings (SSSR count). The molecule has 2 aromatic rings. The zero-order chi connectivity index (χ0) is 14.5. The van der Waals surface area contributed by atoms with Gasteiger partial charge in [-0.3, -0.25) is 0 Å². The maximum absolute atomic E-state index is 6.22. The van der Waals surface area contributed by atoms with Crippen molar-refractivity contribution in [1.82, 2.24) is 0 Å². The third-order valence-electron chi connectivity index (χ3n) is 2.82. The van der Waals surface area contributed by atoms with Gasteiger partial charge in [0.25, 0.3) is 0 Å². The van der Waals surface area contributed by atoms with Crippen molar-refractivity contribution >= 4 is 27.5 Å². The van der Waals surface area contributed by atoms with Crippen molar-refractivity contribution in [3.05, 3.63) is 57.0 Å². The fourth-order valence-electron chi connectivity index (χ4n) is 1.77. The van der Waals surface area contributed by atoms with E-state index in [1.807, 2.05) is 30.3 Å². The summed E-state index contributed by atoms with van der Waals surface area (Å²) in [5.74, 6) is 1.13. The number of hydrogen-bond acceptors (Lipinski definition) is 3. The summed E-state index contributed by atoms with van der Waals surface area (Å²) in [7, 11) is 1.58. The summed E-state index contributed by atoms with van der Waals surface area (Å²) in [4.78, 5) is 0. The lowest BCUT2D eigenvalue weighted by molar-refractivity contribution is 0.284. The van der Waals surface area contributed by atoms with Gasteiger partial charge in [0.15, 0.2) is 11.5 Å². The van der Waals surface area contributed by atoms with E-state index in [0.717, 1.165) is 15.6 Å². The second-order valence-electron chi connectivity index (χ2n) is 4.23. The number of hydrogen-bond donors (Lipinski definition) is 1. The van der Waals surface area contributed by atoms with Gasteiger partial charge in [0, 0.05) is 11.0 Å². The lowest BCUT2D eigenvalue weighted by Crippen LogP contribution is -2.01. The largest absolute Gasteiger partial charge is 0.493 e. The highest BCUT2D eigenvalue weighted by molar-refractivity contribution is 9.10. The molecule has 0 atom stereocenters. The number of methoxy groups -OCH3 is 1. The molecular formula is C15H15BrClNO2. The summed E-state index contributed by atoms with van der Waals surface area (Å²) in [5, 5.41) is 0.502. The molecule has 0 amide bonds. The summed E-state index contributed by atoms with van der Waals surface area (Å²) in [5.41, 5.74) is 7.57. The predicted octanol–water partition coefficient (Wildman–Crippen LogP) is 4.15. The molecular weight excluding hydrogens is 342 g/mol. The SMILES string of the molecule is COc1cc(CN)cc(Cl)c1OCc1ccc(Br)cc1. The van der Waals surface area contributed by atoms with Crippen LogP contribution >= 0.6 is 27.5 Å². The average Bonchev–Trinajstić information content (AvgIpc) is 2.47. The van der Waals surface area contributed by atoms with Crippen molar-refractivity contribution in [3.8, 4) is 11.5 Å². The van der Waals surface area contributed by atoms with Crippen LogP contribution in [0.2, 0.25) is 5.02 Å². The van der Waals surface area contributed by atoms with E-state index in [4.69, 9.17) is 26.8 Å². The summed E-state index contributed by atoms with van der Waals surface area (Å²) in [6, 6.07) is 11.5. The first kappa shape index (κ1) is 15.2. The zero-order valence-electron chi connectivity index (χ0n) is 11.0. The maximum Gasteiger partial charge on any atom is 0.180 e. The third-order valence-corrected chi connectivity index (χ3v) is 3.63. The summed E-state index contributed by atoms with van der Waals surface area (Å²) < 4.78 is 12.1. The van der Waals surface area contributed by atoms with E-state index in [1.165, 1.54) is 0 Å². The number of nitrogens with two attached hydrogens (primary N) is 1. The van der Waals surface area contributed by atoms with Crippen LogP contribution in [0.1, 0.15) is 11.1 Å². The molecule has 0 radical (unpaired) electrons. The maximum atomic E-state index is 6.22. The Morgan fingerprint density at radius 3 is 2.45 bits per heavy atom. The van der Waals surface area contributed by atoms with Gasteiger partial charge < -0.3 is 15.2 Å². The third kappa shape index (κ3) is 3.66. The summed E-state index contributed by atoms with van der Waals surface area (Å²) in [6.45, 7) is 0.828. The Morgan fingerprint density at radius 1 is 1.15 bits per heavy atom. The van der Waals surface area contributed by atoms with E-state index in [1.54, 1.807) is 13.2 Å². The van der Waals surface area contributed by atoms with Crippen LogP contribution in [0, 0.1) is 0 Å². The highest BCUT2D eigenvalue weighted by Gasteiger charge is 2.11. The van der Waals surface area contributed by atoms with Gasteiger partial charge in [0.2, 0.25) is 0 Å². The average molecular weight is 357 g/mol. The van der Waals surface area contributed by atoms with E-state index in [2.05, 4.69) is 15.9 Å². The molecule has 106 valence electrons. The second kappa shape index (κ2) is 6.97. The fourth-order valence-corrected chi connectivity index (χ4v) is 2.32. The monoisotopic (exact) mass is 355 g/mol. The molecule has 0 unspecified atom stereocenters. The topological polar surface area (TPSA) is 44.5 Å². The fraction of sp³-hybridized carbons (Fsp3) is 0.200. The normalized spacial score (nSPS) is 10.4. The molecule has 3 nitrogen and oxygen atoms in total. The van der Waals surface area contributed by atoms with Gasteiger partial charge in [-0.25, -0.2) is 0 Å². The number of rotatable bonds is 5. The molecule has 20 heavy (non-hydrogen) atoms. The minimum absolute atomic E-state index is 0.406. The molecule has 0 aromatic heterocycles. The van der Waals surface area contributed by atoms with Crippen molar-refractivity contribution < 1.29 is 9.47 Å².